The standard InChI is InChI=1S/C26H32N4O2S/c1-16-8-3-5-11-19(16)20-15-33-23-22(20)28-26(29-25(23)32)30-13-7-10-18(14-30)24(31)27-21-12-6-4-9-17(21)2/h3,5,8,11,15,17-18,21H,4,6-7,9-10,12-14H2,1-2H3,(H,27,31)(H,28,29,32)/t17-,18+,21+/m1/s1. The van der Waals surface area contributed by atoms with Gasteiger partial charge in [-0.25, -0.2) is 4.98 Å². The maximum absolute atomic E-state index is 13.1. The minimum atomic E-state index is -0.109. The number of nitrogens with one attached hydrogen (secondary N) is 2. The Morgan fingerprint density at radius 3 is 2.79 bits per heavy atom. The molecular weight excluding hydrogens is 432 g/mol. The molecule has 33 heavy (non-hydrogen) atoms. The number of nitrogens with zero attached hydrogens (tertiary/aromatic N) is 2. The summed E-state index contributed by atoms with van der Waals surface area (Å²) < 4.78 is 0.648. The number of benzene rings is 1. The van der Waals surface area contributed by atoms with Crippen molar-refractivity contribution in [3.05, 3.63) is 45.6 Å². The number of hydrogen-bond donors (Lipinski definition) is 2. The minimum absolute atomic E-state index is 0.0767. The van der Waals surface area contributed by atoms with E-state index in [0.29, 0.717) is 29.2 Å². The highest BCUT2D eigenvalue weighted by Gasteiger charge is 2.30. The second-order valence-electron chi connectivity index (χ2n) is 9.69. The molecule has 0 radical (unpaired) electrons. The normalized spacial score (nSPS) is 23.6. The Morgan fingerprint density at radius 1 is 1.15 bits per heavy atom. The number of aromatic nitrogens is 2. The molecule has 7 heteroatoms. The highest BCUT2D eigenvalue weighted by Crippen LogP contribution is 2.34. The summed E-state index contributed by atoms with van der Waals surface area (Å²) in [6, 6.07) is 8.48. The number of H-pyrrole nitrogens is 1. The summed E-state index contributed by atoms with van der Waals surface area (Å²) in [6.07, 6.45) is 6.52. The molecule has 2 N–H and O–H groups in total. The zero-order valence-electron chi connectivity index (χ0n) is 19.4. The lowest BCUT2D eigenvalue weighted by molar-refractivity contribution is -0.126. The molecular formula is C26H32N4O2S. The molecule has 3 atom stereocenters. The van der Waals surface area contributed by atoms with Gasteiger partial charge in [0.15, 0.2) is 0 Å². The molecule has 1 amide bonds. The quantitative estimate of drug-likeness (QED) is 0.577. The number of anilines is 1. The van der Waals surface area contributed by atoms with Crippen molar-refractivity contribution in [1.82, 2.24) is 15.3 Å². The monoisotopic (exact) mass is 464 g/mol. The van der Waals surface area contributed by atoms with Gasteiger partial charge in [0.25, 0.3) is 5.56 Å². The van der Waals surface area contributed by atoms with Crippen molar-refractivity contribution < 1.29 is 4.79 Å². The molecule has 2 fully saturated rings. The number of aryl methyl sites for hydroxylation is 1. The molecule has 1 aromatic carbocycles. The topological polar surface area (TPSA) is 78.1 Å². The van der Waals surface area contributed by atoms with Crippen LogP contribution in [0.15, 0.2) is 34.4 Å². The van der Waals surface area contributed by atoms with Crippen LogP contribution in [0.1, 0.15) is 51.0 Å². The predicted molar refractivity (Wildman–Crippen MR) is 135 cm³/mol. The molecule has 174 valence electrons. The van der Waals surface area contributed by atoms with Crippen molar-refractivity contribution in [1.29, 1.82) is 0 Å². The third-order valence-electron chi connectivity index (χ3n) is 7.38. The second-order valence-corrected chi connectivity index (χ2v) is 10.6. The van der Waals surface area contributed by atoms with Crippen molar-refractivity contribution in [2.75, 3.05) is 18.0 Å². The Morgan fingerprint density at radius 2 is 1.97 bits per heavy atom. The first-order valence-electron chi connectivity index (χ1n) is 12.1. The molecule has 5 rings (SSSR count). The van der Waals surface area contributed by atoms with Gasteiger partial charge < -0.3 is 10.2 Å². The molecule has 1 aliphatic heterocycles. The summed E-state index contributed by atoms with van der Waals surface area (Å²) in [4.78, 5) is 35.9. The van der Waals surface area contributed by atoms with Crippen LogP contribution >= 0.6 is 11.3 Å². The van der Waals surface area contributed by atoms with E-state index in [1.807, 2.05) is 17.5 Å². The average molecular weight is 465 g/mol. The zero-order chi connectivity index (χ0) is 22.9. The van der Waals surface area contributed by atoms with Crippen LogP contribution in [-0.4, -0.2) is 35.0 Å². The van der Waals surface area contributed by atoms with E-state index < -0.39 is 0 Å². The lowest BCUT2D eigenvalue weighted by Crippen LogP contribution is -2.48. The Bertz CT molecular complexity index is 1220. The van der Waals surface area contributed by atoms with E-state index in [0.717, 1.165) is 48.0 Å². The molecule has 0 spiro atoms. The Hall–Kier alpha value is -2.67. The Balaban J connectivity index is 1.39. The summed E-state index contributed by atoms with van der Waals surface area (Å²) in [5.74, 6) is 1.19. The number of rotatable bonds is 4. The highest BCUT2D eigenvalue weighted by molar-refractivity contribution is 7.17. The molecule has 6 nitrogen and oxygen atoms in total. The number of carbonyl (C=O) groups is 1. The van der Waals surface area contributed by atoms with Crippen molar-refractivity contribution >= 4 is 33.4 Å². The fourth-order valence-electron chi connectivity index (χ4n) is 5.35. The van der Waals surface area contributed by atoms with E-state index in [2.05, 4.69) is 41.2 Å². The number of piperidine rings is 1. The molecule has 2 aromatic heterocycles. The molecule has 1 saturated heterocycles. The van der Waals surface area contributed by atoms with Gasteiger partial charge in [0, 0.05) is 30.1 Å². The van der Waals surface area contributed by atoms with Crippen molar-refractivity contribution in [3.8, 4) is 11.1 Å². The molecule has 0 bridgehead atoms. The van der Waals surface area contributed by atoms with Crippen LogP contribution in [0.5, 0.6) is 0 Å². The smallest absolute Gasteiger partial charge is 0.270 e. The van der Waals surface area contributed by atoms with E-state index in [9.17, 15) is 9.59 Å². The lowest BCUT2D eigenvalue weighted by Gasteiger charge is -2.35. The van der Waals surface area contributed by atoms with E-state index >= 15 is 0 Å². The number of thiophene rings is 1. The minimum Gasteiger partial charge on any atom is -0.353 e. The second kappa shape index (κ2) is 9.29. The van der Waals surface area contributed by atoms with Gasteiger partial charge in [-0.3, -0.25) is 14.6 Å². The van der Waals surface area contributed by atoms with Gasteiger partial charge in [-0.15, -0.1) is 11.3 Å². The number of aromatic amines is 1. The fourth-order valence-corrected chi connectivity index (χ4v) is 6.25. The Kier molecular flexibility index (Phi) is 6.23. The molecule has 3 heterocycles. The number of hydrogen-bond acceptors (Lipinski definition) is 5. The molecule has 1 saturated carbocycles. The van der Waals surface area contributed by atoms with Gasteiger partial charge in [0.05, 0.1) is 11.4 Å². The van der Waals surface area contributed by atoms with E-state index in [-0.39, 0.29) is 17.4 Å². The van der Waals surface area contributed by atoms with Gasteiger partial charge in [0.2, 0.25) is 11.9 Å². The summed E-state index contributed by atoms with van der Waals surface area (Å²) in [7, 11) is 0. The third-order valence-corrected chi connectivity index (χ3v) is 8.35. The van der Waals surface area contributed by atoms with Crippen LogP contribution in [0.3, 0.4) is 0 Å². The third kappa shape index (κ3) is 4.43. The van der Waals surface area contributed by atoms with Crippen molar-refractivity contribution in [3.63, 3.8) is 0 Å². The van der Waals surface area contributed by atoms with E-state index in [1.54, 1.807) is 0 Å². The largest absolute Gasteiger partial charge is 0.353 e. The summed E-state index contributed by atoms with van der Waals surface area (Å²) in [6.45, 7) is 5.70. The lowest BCUT2D eigenvalue weighted by atomic mass is 9.85. The first-order chi connectivity index (χ1) is 16.0. The number of amides is 1. The van der Waals surface area contributed by atoms with Crippen LogP contribution < -0.4 is 15.8 Å². The van der Waals surface area contributed by atoms with Crippen LogP contribution in [0.25, 0.3) is 21.3 Å². The number of fused-ring (bicyclic) bond motifs is 1. The number of carbonyl (C=O) groups excluding carboxylic acids is 1. The molecule has 0 unspecified atom stereocenters. The molecule has 1 aliphatic carbocycles. The zero-order valence-corrected chi connectivity index (χ0v) is 20.2. The highest BCUT2D eigenvalue weighted by atomic mass is 32.1. The first kappa shape index (κ1) is 22.1. The van der Waals surface area contributed by atoms with Gasteiger partial charge in [-0.1, -0.05) is 44.0 Å². The first-order valence-corrected chi connectivity index (χ1v) is 13.0. The SMILES string of the molecule is Cc1ccccc1-c1csc2c(=O)[nH]c(N3CCC[C@H](C(=O)N[C@H]4CCCC[C@H]4C)C3)nc12. The molecule has 2 aliphatic rings. The van der Waals surface area contributed by atoms with Crippen LogP contribution in [0.4, 0.5) is 5.95 Å². The molecule has 3 aromatic rings. The van der Waals surface area contributed by atoms with Crippen LogP contribution in [0, 0.1) is 18.8 Å². The fraction of sp³-hybridized carbons (Fsp3) is 0.500. The predicted octanol–water partition coefficient (Wildman–Crippen LogP) is 4.87. The maximum Gasteiger partial charge on any atom is 0.270 e. The summed E-state index contributed by atoms with van der Waals surface area (Å²) in [5.41, 5.74) is 3.90. The van der Waals surface area contributed by atoms with E-state index in [4.69, 9.17) is 4.98 Å². The summed E-state index contributed by atoms with van der Waals surface area (Å²) in [5, 5.41) is 5.35. The van der Waals surface area contributed by atoms with E-state index in [1.165, 1.54) is 30.6 Å². The van der Waals surface area contributed by atoms with Gasteiger partial charge in [0.1, 0.15) is 4.70 Å². The average Bonchev–Trinajstić information content (AvgIpc) is 3.25. The van der Waals surface area contributed by atoms with Gasteiger partial charge in [-0.2, -0.15) is 0 Å². The maximum atomic E-state index is 13.1. The van der Waals surface area contributed by atoms with Crippen molar-refractivity contribution in [2.24, 2.45) is 11.8 Å². The Labute approximate surface area is 198 Å². The van der Waals surface area contributed by atoms with Crippen molar-refractivity contribution in [2.45, 2.75) is 58.4 Å². The van der Waals surface area contributed by atoms with Gasteiger partial charge in [-0.05, 0) is 49.7 Å². The summed E-state index contributed by atoms with van der Waals surface area (Å²) >= 11 is 1.44. The van der Waals surface area contributed by atoms with Crippen LogP contribution in [-0.2, 0) is 4.79 Å². The van der Waals surface area contributed by atoms with Crippen LogP contribution in [0.2, 0.25) is 0 Å². The van der Waals surface area contributed by atoms with Gasteiger partial charge >= 0.3 is 0 Å².